The number of hydrogen-bond acceptors (Lipinski definition) is 6. The lowest BCUT2D eigenvalue weighted by molar-refractivity contribution is -0.115. The summed E-state index contributed by atoms with van der Waals surface area (Å²) in [6.07, 6.45) is 3.27. The van der Waals surface area contributed by atoms with Crippen LogP contribution >= 0.6 is 11.8 Å². The Morgan fingerprint density at radius 2 is 2.00 bits per heavy atom. The van der Waals surface area contributed by atoms with Crippen molar-refractivity contribution < 1.29 is 18.7 Å². The zero-order valence-corrected chi connectivity index (χ0v) is 13.9. The fourth-order valence-corrected chi connectivity index (χ4v) is 3.16. The first kappa shape index (κ1) is 15.5. The molecule has 1 aromatic carbocycles. The summed E-state index contributed by atoms with van der Waals surface area (Å²) < 4.78 is 10.9. The van der Waals surface area contributed by atoms with Crippen LogP contribution in [0.5, 0.6) is 5.75 Å². The summed E-state index contributed by atoms with van der Waals surface area (Å²) in [6.45, 7) is 0. The number of pyridine rings is 1. The van der Waals surface area contributed by atoms with E-state index >= 15 is 0 Å². The predicted molar refractivity (Wildman–Crippen MR) is 95.1 cm³/mol. The van der Waals surface area contributed by atoms with Crippen LogP contribution in [0.2, 0.25) is 0 Å². The first-order valence-corrected chi connectivity index (χ1v) is 8.23. The lowest BCUT2D eigenvalue weighted by Crippen LogP contribution is -2.17. The molecule has 0 atom stereocenters. The molecule has 124 valence electrons. The van der Waals surface area contributed by atoms with Gasteiger partial charge in [0, 0.05) is 29.3 Å². The van der Waals surface area contributed by atoms with E-state index in [1.807, 2.05) is 30.3 Å². The van der Waals surface area contributed by atoms with Gasteiger partial charge >= 0.3 is 0 Å². The molecular formula is C18H12N2O4S. The lowest BCUT2D eigenvalue weighted by atomic mass is 10.1. The normalized spacial score (nSPS) is 15.8. The minimum atomic E-state index is -0.410. The van der Waals surface area contributed by atoms with Crippen molar-refractivity contribution in [2.75, 3.05) is 7.11 Å². The van der Waals surface area contributed by atoms with Gasteiger partial charge < -0.3 is 9.15 Å². The molecule has 0 aliphatic carbocycles. The molecule has 0 spiro atoms. The van der Waals surface area contributed by atoms with E-state index in [0.29, 0.717) is 16.2 Å². The van der Waals surface area contributed by atoms with Gasteiger partial charge in [-0.25, -0.2) is 0 Å². The molecule has 0 radical (unpaired) electrons. The summed E-state index contributed by atoms with van der Waals surface area (Å²) >= 11 is 0.856. The molecule has 3 heterocycles. The van der Waals surface area contributed by atoms with Crippen molar-refractivity contribution in [3.8, 4) is 17.0 Å². The number of aromatic nitrogens is 1. The molecule has 0 bridgehead atoms. The summed E-state index contributed by atoms with van der Waals surface area (Å²) in [5.41, 5.74) is 2.37. The summed E-state index contributed by atoms with van der Waals surface area (Å²) in [7, 11) is 1.62. The second kappa shape index (κ2) is 6.10. The van der Waals surface area contributed by atoms with E-state index in [9.17, 15) is 9.59 Å². The third kappa shape index (κ3) is 3.01. The van der Waals surface area contributed by atoms with Gasteiger partial charge in [0.15, 0.2) is 0 Å². The number of thioether (sulfide) groups is 1. The quantitative estimate of drug-likeness (QED) is 0.722. The van der Waals surface area contributed by atoms with E-state index in [1.54, 1.807) is 25.4 Å². The number of nitrogens with one attached hydrogen (secondary N) is 1. The summed E-state index contributed by atoms with van der Waals surface area (Å²) in [4.78, 5) is 27.6. The van der Waals surface area contributed by atoms with Crippen LogP contribution in [0.1, 0.15) is 5.76 Å². The van der Waals surface area contributed by atoms with Crippen LogP contribution in [-0.2, 0) is 4.79 Å². The van der Waals surface area contributed by atoms with Crippen molar-refractivity contribution >= 4 is 40.0 Å². The second-order valence-corrected chi connectivity index (χ2v) is 6.35. The molecule has 6 nitrogen and oxygen atoms in total. The number of carbonyl (C=O) groups excluding carboxylic acids is 2. The van der Waals surface area contributed by atoms with E-state index in [4.69, 9.17) is 9.15 Å². The monoisotopic (exact) mass is 352 g/mol. The van der Waals surface area contributed by atoms with Gasteiger partial charge in [0.05, 0.1) is 17.7 Å². The smallest absolute Gasteiger partial charge is 0.290 e. The number of carbonyl (C=O) groups is 2. The Hall–Kier alpha value is -3.06. The van der Waals surface area contributed by atoms with Gasteiger partial charge in [0.2, 0.25) is 0 Å². The van der Waals surface area contributed by atoms with Gasteiger partial charge in [-0.15, -0.1) is 0 Å². The number of methoxy groups -OCH3 is 1. The van der Waals surface area contributed by atoms with Crippen molar-refractivity contribution in [3.63, 3.8) is 0 Å². The number of furan rings is 1. The molecule has 1 aliphatic rings. The molecule has 1 aliphatic heterocycles. The fraction of sp³-hybridized carbons (Fsp3) is 0.0556. The highest BCUT2D eigenvalue weighted by molar-refractivity contribution is 8.18. The van der Waals surface area contributed by atoms with E-state index in [1.165, 1.54) is 0 Å². The fourth-order valence-electron chi connectivity index (χ4n) is 2.49. The molecule has 7 heteroatoms. The summed E-state index contributed by atoms with van der Waals surface area (Å²) in [6, 6.07) is 11.2. The minimum Gasteiger partial charge on any atom is -0.497 e. The molecule has 1 N–H and O–H groups in total. The Kier molecular flexibility index (Phi) is 3.77. The number of nitrogens with zero attached hydrogens (tertiary/aromatic N) is 1. The van der Waals surface area contributed by atoms with E-state index < -0.39 is 5.91 Å². The van der Waals surface area contributed by atoms with Gasteiger partial charge in [0.1, 0.15) is 17.1 Å². The molecular weight excluding hydrogens is 340 g/mol. The molecule has 1 saturated heterocycles. The topological polar surface area (TPSA) is 81.4 Å². The average molecular weight is 352 g/mol. The van der Waals surface area contributed by atoms with Crippen LogP contribution in [0.4, 0.5) is 4.79 Å². The van der Waals surface area contributed by atoms with Crippen molar-refractivity contribution in [2.24, 2.45) is 0 Å². The Morgan fingerprint density at radius 3 is 2.68 bits per heavy atom. The lowest BCUT2D eigenvalue weighted by Gasteiger charge is -2.02. The van der Waals surface area contributed by atoms with Gasteiger partial charge in [-0.05, 0) is 42.1 Å². The van der Waals surface area contributed by atoms with E-state index in [0.717, 1.165) is 34.2 Å². The van der Waals surface area contributed by atoms with E-state index in [-0.39, 0.29) is 5.24 Å². The molecule has 25 heavy (non-hydrogen) atoms. The van der Waals surface area contributed by atoms with Crippen molar-refractivity contribution in [1.29, 1.82) is 0 Å². The molecule has 4 rings (SSSR count). The number of amides is 2. The number of benzene rings is 1. The zero-order chi connectivity index (χ0) is 17.4. The highest BCUT2D eigenvalue weighted by Gasteiger charge is 2.25. The average Bonchev–Trinajstić information content (AvgIpc) is 3.16. The van der Waals surface area contributed by atoms with Crippen LogP contribution in [0.3, 0.4) is 0 Å². The summed E-state index contributed by atoms with van der Waals surface area (Å²) in [5, 5.41) is 2.65. The summed E-state index contributed by atoms with van der Waals surface area (Å²) in [5.74, 6) is 0.863. The van der Waals surface area contributed by atoms with Gasteiger partial charge in [-0.2, -0.15) is 0 Å². The zero-order valence-electron chi connectivity index (χ0n) is 13.1. The molecule has 1 fully saturated rings. The highest BCUT2D eigenvalue weighted by Crippen LogP contribution is 2.29. The van der Waals surface area contributed by atoms with Crippen molar-refractivity contribution in [2.45, 2.75) is 0 Å². The van der Waals surface area contributed by atoms with Crippen molar-refractivity contribution in [1.82, 2.24) is 10.3 Å². The number of ether oxygens (including phenoxy) is 1. The first-order chi connectivity index (χ1) is 12.1. The molecule has 2 aromatic heterocycles. The third-order valence-corrected chi connectivity index (χ3v) is 4.53. The molecule has 0 saturated carbocycles. The van der Waals surface area contributed by atoms with E-state index in [2.05, 4.69) is 10.3 Å². The SMILES string of the molecule is COc1ccc(-c2cc3oc(/C=C4/SC(=O)NC4=O)cc3cn2)cc1. The maximum absolute atomic E-state index is 11.6. The van der Waals surface area contributed by atoms with Crippen LogP contribution < -0.4 is 10.1 Å². The van der Waals surface area contributed by atoms with Gasteiger partial charge in [-0.1, -0.05) is 0 Å². The minimum absolute atomic E-state index is 0.312. The predicted octanol–water partition coefficient (Wildman–Crippen LogP) is 3.83. The Labute approximate surface area is 146 Å². The van der Waals surface area contributed by atoms with Crippen LogP contribution in [0.25, 0.3) is 28.3 Å². The Bertz CT molecular complexity index is 1020. The van der Waals surface area contributed by atoms with Crippen LogP contribution in [-0.4, -0.2) is 23.2 Å². The number of hydrogen-bond donors (Lipinski definition) is 1. The van der Waals surface area contributed by atoms with Crippen LogP contribution in [0.15, 0.2) is 51.9 Å². The first-order valence-electron chi connectivity index (χ1n) is 7.41. The largest absolute Gasteiger partial charge is 0.497 e. The number of rotatable bonds is 3. The maximum atomic E-state index is 11.6. The van der Waals surface area contributed by atoms with Crippen molar-refractivity contribution in [3.05, 3.63) is 53.3 Å². The van der Waals surface area contributed by atoms with Gasteiger partial charge in [-0.3, -0.25) is 19.9 Å². The molecule has 2 amide bonds. The second-order valence-electron chi connectivity index (χ2n) is 5.34. The Morgan fingerprint density at radius 1 is 1.20 bits per heavy atom. The molecule has 0 unspecified atom stereocenters. The van der Waals surface area contributed by atoms with Crippen LogP contribution in [0, 0.1) is 0 Å². The highest BCUT2D eigenvalue weighted by atomic mass is 32.2. The Balaban J connectivity index is 1.68. The number of fused-ring (bicyclic) bond motifs is 1. The van der Waals surface area contributed by atoms with Gasteiger partial charge in [0.25, 0.3) is 11.1 Å². The molecule has 3 aromatic rings. The standard InChI is InChI=1S/C18H12N2O4S/c1-23-12-4-2-10(3-5-12)14-8-15-11(9-19-14)6-13(24-15)7-16-17(21)20-18(22)25-16/h2-9H,1H3,(H,20,21,22)/b16-7+. The number of imide groups is 1. The maximum Gasteiger partial charge on any atom is 0.290 e. The third-order valence-electron chi connectivity index (χ3n) is 3.72.